The summed E-state index contributed by atoms with van der Waals surface area (Å²) in [4.78, 5) is 0. The molecule has 1 rings (SSSR count). The predicted molar refractivity (Wildman–Crippen MR) is 64.0 cm³/mol. The zero-order valence-corrected chi connectivity index (χ0v) is 10.4. The molecule has 0 aromatic rings. The molecule has 1 aliphatic rings. The van der Waals surface area contributed by atoms with Crippen molar-refractivity contribution in [3.05, 3.63) is 0 Å². The minimum Gasteiger partial charge on any atom is -0.383 e. The standard InChI is InChI=1S/C11H23NOS/c1-9(8-13-2)12-10-6-4-5-7-11(10)14-3/h9-12H,4-8H2,1-3H3. The van der Waals surface area contributed by atoms with Crippen LogP contribution in [-0.2, 0) is 4.74 Å². The van der Waals surface area contributed by atoms with Crippen molar-refractivity contribution >= 4 is 11.8 Å². The normalized spacial score (nSPS) is 30.2. The molecule has 0 saturated heterocycles. The summed E-state index contributed by atoms with van der Waals surface area (Å²) in [5, 5.41) is 4.48. The molecule has 0 spiro atoms. The maximum Gasteiger partial charge on any atom is 0.0613 e. The maximum atomic E-state index is 5.14. The minimum absolute atomic E-state index is 0.484. The molecule has 1 fully saturated rings. The number of ether oxygens (including phenoxy) is 1. The molecule has 1 saturated carbocycles. The highest BCUT2D eigenvalue weighted by molar-refractivity contribution is 7.99. The molecule has 1 aliphatic carbocycles. The third kappa shape index (κ3) is 3.79. The predicted octanol–water partition coefficient (Wildman–Crippen LogP) is 2.29. The van der Waals surface area contributed by atoms with E-state index in [2.05, 4.69) is 18.5 Å². The van der Waals surface area contributed by atoms with E-state index in [9.17, 15) is 0 Å². The minimum atomic E-state index is 0.484. The Kier molecular flexibility index (Phi) is 5.90. The quantitative estimate of drug-likeness (QED) is 0.763. The van der Waals surface area contributed by atoms with Crippen LogP contribution in [0.5, 0.6) is 0 Å². The summed E-state index contributed by atoms with van der Waals surface area (Å²) in [5.41, 5.74) is 0. The highest BCUT2D eigenvalue weighted by Gasteiger charge is 2.24. The Bertz CT molecular complexity index is 154. The lowest BCUT2D eigenvalue weighted by Gasteiger charge is -2.33. The lowest BCUT2D eigenvalue weighted by Crippen LogP contribution is -2.46. The summed E-state index contributed by atoms with van der Waals surface area (Å²) in [6.07, 6.45) is 7.72. The first-order valence-corrected chi connectivity index (χ1v) is 6.84. The van der Waals surface area contributed by atoms with Crippen LogP contribution in [0, 0.1) is 0 Å². The lowest BCUT2D eigenvalue weighted by molar-refractivity contribution is 0.163. The summed E-state index contributed by atoms with van der Waals surface area (Å²) in [7, 11) is 1.77. The average Bonchev–Trinajstić information content (AvgIpc) is 2.19. The van der Waals surface area contributed by atoms with E-state index in [1.165, 1.54) is 25.7 Å². The largest absolute Gasteiger partial charge is 0.383 e. The maximum absolute atomic E-state index is 5.14. The molecule has 0 aliphatic heterocycles. The highest BCUT2D eigenvalue weighted by atomic mass is 32.2. The van der Waals surface area contributed by atoms with E-state index < -0.39 is 0 Å². The molecule has 0 bridgehead atoms. The van der Waals surface area contributed by atoms with Crippen LogP contribution < -0.4 is 5.32 Å². The van der Waals surface area contributed by atoms with Crippen molar-refractivity contribution in [2.45, 2.75) is 49.9 Å². The van der Waals surface area contributed by atoms with E-state index >= 15 is 0 Å². The Hall–Kier alpha value is 0.270. The molecule has 0 radical (unpaired) electrons. The molecule has 3 heteroatoms. The van der Waals surface area contributed by atoms with Crippen LogP contribution in [0.1, 0.15) is 32.6 Å². The second kappa shape index (κ2) is 6.70. The average molecular weight is 217 g/mol. The number of methoxy groups -OCH3 is 1. The van der Waals surface area contributed by atoms with Gasteiger partial charge in [0.2, 0.25) is 0 Å². The third-order valence-corrected chi connectivity index (χ3v) is 4.09. The van der Waals surface area contributed by atoms with E-state index in [4.69, 9.17) is 4.74 Å². The molecular weight excluding hydrogens is 194 g/mol. The van der Waals surface area contributed by atoms with Gasteiger partial charge in [-0.05, 0) is 26.0 Å². The highest BCUT2D eigenvalue weighted by Crippen LogP contribution is 2.27. The molecule has 0 heterocycles. The van der Waals surface area contributed by atoms with Crippen molar-refractivity contribution in [1.82, 2.24) is 5.32 Å². The van der Waals surface area contributed by atoms with E-state index in [0.29, 0.717) is 12.1 Å². The lowest BCUT2D eigenvalue weighted by atomic mass is 9.94. The van der Waals surface area contributed by atoms with Crippen LogP contribution in [0.2, 0.25) is 0 Å². The number of nitrogens with one attached hydrogen (secondary N) is 1. The fourth-order valence-corrected chi connectivity index (χ4v) is 3.18. The van der Waals surface area contributed by atoms with Crippen LogP contribution in [0.4, 0.5) is 0 Å². The fraction of sp³-hybridized carbons (Fsp3) is 1.00. The first-order valence-electron chi connectivity index (χ1n) is 5.55. The van der Waals surface area contributed by atoms with E-state index in [1.54, 1.807) is 7.11 Å². The van der Waals surface area contributed by atoms with Crippen molar-refractivity contribution in [3.8, 4) is 0 Å². The zero-order chi connectivity index (χ0) is 10.4. The first kappa shape index (κ1) is 12.3. The van der Waals surface area contributed by atoms with Gasteiger partial charge in [0, 0.05) is 24.4 Å². The van der Waals surface area contributed by atoms with Gasteiger partial charge in [-0.3, -0.25) is 0 Å². The molecule has 14 heavy (non-hydrogen) atoms. The zero-order valence-electron chi connectivity index (χ0n) is 9.58. The van der Waals surface area contributed by atoms with Gasteiger partial charge < -0.3 is 10.1 Å². The molecule has 0 aromatic carbocycles. The Morgan fingerprint density at radius 3 is 2.79 bits per heavy atom. The summed E-state index contributed by atoms with van der Waals surface area (Å²) in [6.45, 7) is 3.02. The van der Waals surface area contributed by atoms with Gasteiger partial charge in [-0.2, -0.15) is 11.8 Å². The van der Waals surface area contributed by atoms with Crippen LogP contribution in [0.15, 0.2) is 0 Å². The topological polar surface area (TPSA) is 21.3 Å². The SMILES string of the molecule is COCC(C)NC1CCCCC1SC. The van der Waals surface area contributed by atoms with Gasteiger partial charge in [-0.15, -0.1) is 0 Å². The summed E-state index contributed by atoms with van der Waals surface area (Å²) >= 11 is 2.01. The second-order valence-electron chi connectivity index (χ2n) is 4.19. The fourth-order valence-electron chi connectivity index (χ4n) is 2.23. The van der Waals surface area contributed by atoms with Gasteiger partial charge in [0.1, 0.15) is 0 Å². The van der Waals surface area contributed by atoms with Gasteiger partial charge in [-0.1, -0.05) is 12.8 Å². The second-order valence-corrected chi connectivity index (χ2v) is 5.27. The Morgan fingerprint density at radius 2 is 2.14 bits per heavy atom. The molecule has 0 aromatic heterocycles. The smallest absolute Gasteiger partial charge is 0.0613 e. The Labute approximate surface area is 92.2 Å². The summed E-state index contributed by atoms with van der Waals surface area (Å²) < 4.78 is 5.14. The molecule has 3 atom stereocenters. The van der Waals surface area contributed by atoms with Gasteiger partial charge in [-0.25, -0.2) is 0 Å². The van der Waals surface area contributed by atoms with Gasteiger partial charge in [0.05, 0.1) is 6.61 Å². The number of rotatable bonds is 5. The molecular formula is C11H23NOS. The van der Waals surface area contributed by atoms with Crippen molar-refractivity contribution in [3.63, 3.8) is 0 Å². The molecule has 2 nitrogen and oxygen atoms in total. The molecule has 3 unspecified atom stereocenters. The van der Waals surface area contributed by atoms with Crippen molar-refractivity contribution in [2.24, 2.45) is 0 Å². The number of thioether (sulfide) groups is 1. The first-order chi connectivity index (χ1) is 6.77. The summed E-state index contributed by atoms with van der Waals surface area (Å²) in [6, 6.07) is 1.18. The van der Waals surface area contributed by atoms with Crippen molar-refractivity contribution in [1.29, 1.82) is 0 Å². The monoisotopic (exact) mass is 217 g/mol. The summed E-state index contributed by atoms with van der Waals surface area (Å²) in [5.74, 6) is 0. The number of hydrogen-bond acceptors (Lipinski definition) is 3. The van der Waals surface area contributed by atoms with Crippen molar-refractivity contribution < 1.29 is 4.74 Å². The Morgan fingerprint density at radius 1 is 1.43 bits per heavy atom. The van der Waals surface area contributed by atoms with E-state index in [1.807, 2.05) is 11.8 Å². The van der Waals surface area contributed by atoms with Gasteiger partial charge >= 0.3 is 0 Å². The van der Waals surface area contributed by atoms with Crippen molar-refractivity contribution in [2.75, 3.05) is 20.0 Å². The van der Waals surface area contributed by atoms with E-state index in [-0.39, 0.29) is 0 Å². The van der Waals surface area contributed by atoms with E-state index in [0.717, 1.165) is 11.9 Å². The third-order valence-electron chi connectivity index (χ3n) is 2.92. The molecule has 84 valence electrons. The Balaban J connectivity index is 2.32. The van der Waals surface area contributed by atoms with Crippen LogP contribution in [-0.4, -0.2) is 37.3 Å². The van der Waals surface area contributed by atoms with Crippen LogP contribution in [0.25, 0.3) is 0 Å². The number of hydrogen-bond donors (Lipinski definition) is 1. The molecule has 0 amide bonds. The van der Waals surface area contributed by atoms with Crippen LogP contribution >= 0.6 is 11.8 Å². The van der Waals surface area contributed by atoms with Gasteiger partial charge in [0.15, 0.2) is 0 Å². The van der Waals surface area contributed by atoms with Crippen LogP contribution in [0.3, 0.4) is 0 Å². The van der Waals surface area contributed by atoms with Gasteiger partial charge in [0.25, 0.3) is 0 Å². The molecule has 1 N–H and O–H groups in total.